The first-order chi connectivity index (χ1) is 7.24. The van der Waals surface area contributed by atoms with Gasteiger partial charge in [0.15, 0.2) is 0 Å². The van der Waals surface area contributed by atoms with Crippen LogP contribution in [0.15, 0.2) is 24.4 Å². The van der Waals surface area contributed by atoms with Gasteiger partial charge < -0.3 is 9.88 Å². The first-order valence-corrected chi connectivity index (χ1v) is 5.55. The molecule has 0 spiro atoms. The normalized spacial score (nSPS) is 11.1. The number of aryl methyl sites for hydroxylation is 1. The van der Waals surface area contributed by atoms with Gasteiger partial charge in [-0.2, -0.15) is 0 Å². The molecule has 0 unspecified atom stereocenters. The van der Waals surface area contributed by atoms with Gasteiger partial charge in [0, 0.05) is 25.2 Å². The predicted octanol–water partition coefficient (Wildman–Crippen LogP) is 2.94. The molecule has 1 heterocycles. The fourth-order valence-electron chi connectivity index (χ4n) is 1.90. The van der Waals surface area contributed by atoms with Crippen LogP contribution in [0, 0.1) is 0 Å². The van der Waals surface area contributed by atoms with Crippen molar-refractivity contribution in [3.8, 4) is 0 Å². The van der Waals surface area contributed by atoms with Gasteiger partial charge in [0.1, 0.15) is 0 Å². The zero-order chi connectivity index (χ0) is 10.8. The van der Waals surface area contributed by atoms with E-state index in [9.17, 15) is 0 Å². The van der Waals surface area contributed by atoms with Crippen LogP contribution in [-0.4, -0.2) is 11.1 Å². The Morgan fingerprint density at radius 1 is 1.40 bits per heavy atom. The highest BCUT2D eigenvalue weighted by Gasteiger charge is 2.08. The van der Waals surface area contributed by atoms with Crippen molar-refractivity contribution in [2.75, 3.05) is 6.54 Å². The van der Waals surface area contributed by atoms with Gasteiger partial charge >= 0.3 is 0 Å². The number of para-hydroxylation sites is 1. The number of halogens is 1. The molecule has 1 aromatic carbocycles. The molecule has 0 radical (unpaired) electrons. The summed E-state index contributed by atoms with van der Waals surface area (Å²) in [7, 11) is 2.03. The topological polar surface area (TPSA) is 17.0 Å². The van der Waals surface area contributed by atoms with Crippen molar-refractivity contribution >= 4 is 22.5 Å². The van der Waals surface area contributed by atoms with Gasteiger partial charge in [0.2, 0.25) is 0 Å². The fraction of sp³-hybridized carbons (Fsp3) is 0.333. The third-order valence-electron chi connectivity index (χ3n) is 2.60. The minimum Gasteiger partial charge on any atom is -0.349 e. The standard InChI is InChI=1S/C12H15ClN2/c1-3-14-7-9-8-15(2)12-10(9)5-4-6-11(12)13/h4-6,8,14H,3,7H2,1-2H3. The second-order valence-electron chi connectivity index (χ2n) is 3.68. The quantitative estimate of drug-likeness (QED) is 0.845. The highest BCUT2D eigenvalue weighted by molar-refractivity contribution is 6.35. The van der Waals surface area contributed by atoms with E-state index in [1.807, 2.05) is 19.2 Å². The zero-order valence-electron chi connectivity index (χ0n) is 9.05. The second kappa shape index (κ2) is 4.25. The SMILES string of the molecule is CCNCc1cn(C)c2c(Cl)cccc12. The first-order valence-electron chi connectivity index (χ1n) is 5.17. The first kappa shape index (κ1) is 10.5. The third-order valence-corrected chi connectivity index (χ3v) is 2.91. The maximum Gasteiger partial charge on any atom is 0.0670 e. The van der Waals surface area contributed by atoms with E-state index in [1.165, 1.54) is 10.9 Å². The zero-order valence-corrected chi connectivity index (χ0v) is 9.80. The molecule has 0 aliphatic rings. The summed E-state index contributed by atoms with van der Waals surface area (Å²) < 4.78 is 2.09. The van der Waals surface area contributed by atoms with Crippen LogP contribution >= 0.6 is 11.6 Å². The van der Waals surface area contributed by atoms with Crippen LogP contribution in [0.4, 0.5) is 0 Å². The van der Waals surface area contributed by atoms with Gasteiger partial charge in [-0.25, -0.2) is 0 Å². The van der Waals surface area contributed by atoms with Crippen LogP contribution in [-0.2, 0) is 13.6 Å². The molecule has 0 amide bonds. The third kappa shape index (κ3) is 1.87. The van der Waals surface area contributed by atoms with Crippen molar-refractivity contribution in [2.24, 2.45) is 7.05 Å². The van der Waals surface area contributed by atoms with Crippen LogP contribution in [0.3, 0.4) is 0 Å². The summed E-state index contributed by atoms with van der Waals surface area (Å²) in [6.45, 7) is 3.99. The molecule has 0 aliphatic heterocycles. The van der Waals surface area contributed by atoms with Gasteiger partial charge in [-0.05, 0) is 18.2 Å². The summed E-state index contributed by atoms with van der Waals surface area (Å²) in [5.74, 6) is 0. The van der Waals surface area contributed by atoms with Gasteiger partial charge in [0.25, 0.3) is 0 Å². The lowest BCUT2D eigenvalue weighted by molar-refractivity contribution is 0.727. The predicted molar refractivity (Wildman–Crippen MR) is 65.3 cm³/mol. The van der Waals surface area contributed by atoms with E-state index < -0.39 is 0 Å². The lowest BCUT2D eigenvalue weighted by Gasteiger charge is -2.00. The maximum atomic E-state index is 6.17. The number of fused-ring (bicyclic) bond motifs is 1. The molecule has 0 saturated carbocycles. The summed E-state index contributed by atoms with van der Waals surface area (Å²) in [6.07, 6.45) is 2.14. The minimum atomic E-state index is 0.817. The summed E-state index contributed by atoms with van der Waals surface area (Å²) in [6, 6.07) is 6.05. The molecule has 1 N–H and O–H groups in total. The molecule has 0 aliphatic carbocycles. The van der Waals surface area contributed by atoms with Crippen molar-refractivity contribution in [3.05, 3.63) is 35.0 Å². The molecular weight excluding hydrogens is 208 g/mol. The number of hydrogen-bond acceptors (Lipinski definition) is 1. The molecule has 0 saturated heterocycles. The van der Waals surface area contributed by atoms with Crippen molar-refractivity contribution in [3.63, 3.8) is 0 Å². The van der Waals surface area contributed by atoms with Crippen molar-refractivity contribution in [1.29, 1.82) is 0 Å². The Balaban J connectivity index is 2.53. The number of hydrogen-bond donors (Lipinski definition) is 1. The molecular formula is C12H15ClN2. The summed E-state index contributed by atoms with van der Waals surface area (Å²) in [5, 5.41) is 5.39. The summed E-state index contributed by atoms with van der Waals surface area (Å²) in [4.78, 5) is 0. The minimum absolute atomic E-state index is 0.817. The van der Waals surface area contributed by atoms with Crippen LogP contribution < -0.4 is 5.32 Å². The fourth-order valence-corrected chi connectivity index (χ4v) is 2.21. The lowest BCUT2D eigenvalue weighted by atomic mass is 10.2. The van der Waals surface area contributed by atoms with E-state index in [0.717, 1.165) is 23.6 Å². The molecule has 0 fully saturated rings. The van der Waals surface area contributed by atoms with Crippen LogP contribution in [0.2, 0.25) is 5.02 Å². The molecule has 15 heavy (non-hydrogen) atoms. The molecule has 0 atom stereocenters. The largest absolute Gasteiger partial charge is 0.349 e. The smallest absolute Gasteiger partial charge is 0.0670 e. The summed E-state index contributed by atoms with van der Waals surface area (Å²) in [5.41, 5.74) is 2.42. The van der Waals surface area contributed by atoms with Gasteiger partial charge in [-0.1, -0.05) is 30.7 Å². The monoisotopic (exact) mass is 222 g/mol. The average Bonchev–Trinajstić information content (AvgIpc) is 2.54. The van der Waals surface area contributed by atoms with Crippen LogP contribution in [0.25, 0.3) is 10.9 Å². The highest BCUT2D eigenvalue weighted by atomic mass is 35.5. The Kier molecular flexibility index (Phi) is 2.98. The second-order valence-corrected chi connectivity index (χ2v) is 4.09. The van der Waals surface area contributed by atoms with Crippen molar-refractivity contribution in [2.45, 2.75) is 13.5 Å². The van der Waals surface area contributed by atoms with Crippen LogP contribution in [0.1, 0.15) is 12.5 Å². The van der Waals surface area contributed by atoms with Gasteiger partial charge in [-0.15, -0.1) is 0 Å². The molecule has 0 bridgehead atoms. The Morgan fingerprint density at radius 3 is 2.93 bits per heavy atom. The molecule has 3 heteroatoms. The molecule has 2 aromatic rings. The van der Waals surface area contributed by atoms with E-state index in [1.54, 1.807) is 0 Å². The number of nitrogens with one attached hydrogen (secondary N) is 1. The lowest BCUT2D eigenvalue weighted by Crippen LogP contribution is -2.11. The Morgan fingerprint density at radius 2 is 2.20 bits per heavy atom. The molecule has 1 aromatic heterocycles. The molecule has 80 valence electrons. The Hall–Kier alpha value is -0.990. The maximum absolute atomic E-state index is 6.17. The molecule has 2 rings (SSSR count). The van der Waals surface area contributed by atoms with E-state index >= 15 is 0 Å². The number of rotatable bonds is 3. The van der Waals surface area contributed by atoms with E-state index in [0.29, 0.717) is 0 Å². The number of aromatic nitrogens is 1. The van der Waals surface area contributed by atoms with Gasteiger partial charge in [0.05, 0.1) is 10.5 Å². The van der Waals surface area contributed by atoms with E-state index in [4.69, 9.17) is 11.6 Å². The summed E-state index contributed by atoms with van der Waals surface area (Å²) >= 11 is 6.17. The van der Waals surface area contributed by atoms with Gasteiger partial charge in [-0.3, -0.25) is 0 Å². The molecule has 2 nitrogen and oxygen atoms in total. The number of benzene rings is 1. The van der Waals surface area contributed by atoms with Crippen molar-refractivity contribution in [1.82, 2.24) is 9.88 Å². The van der Waals surface area contributed by atoms with E-state index in [-0.39, 0.29) is 0 Å². The Labute approximate surface area is 94.8 Å². The average molecular weight is 223 g/mol. The van der Waals surface area contributed by atoms with Crippen molar-refractivity contribution < 1.29 is 0 Å². The van der Waals surface area contributed by atoms with Crippen LogP contribution in [0.5, 0.6) is 0 Å². The Bertz CT molecular complexity index is 474. The van der Waals surface area contributed by atoms with E-state index in [2.05, 4.69) is 29.1 Å². The number of nitrogens with zero attached hydrogens (tertiary/aromatic N) is 1. The highest BCUT2D eigenvalue weighted by Crippen LogP contribution is 2.27.